The molecule has 2 bridgehead atoms. The lowest BCUT2D eigenvalue weighted by Crippen LogP contribution is -2.53. The van der Waals surface area contributed by atoms with Crippen LogP contribution in [0.4, 0.5) is 11.4 Å². The van der Waals surface area contributed by atoms with Gasteiger partial charge >= 0.3 is 5.97 Å². The smallest absolute Gasteiger partial charge is 0.337 e. The highest BCUT2D eigenvalue weighted by atomic mass is 16.4. The van der Waals surface area contributed by atoms with E-state index in [9.17, 15) is 9.90 Å². The van der Waals surface area contributed by atoms with Crippen molar-refractivity contribution < 1.29 is 9.90 Å². The Hall–Kier alpha value is -1.75. The van der Waals surface area contributed by atoms with Crippen LogP contribution < -0.4 is 11.1 Å². The summed E-state index contributed by atoms with van der Waals surface area (Å²) in [6, 6.07) is 4.02. The number of nitrogens with zero attached hydrogens (tertiary/aromatic N) is 1. The SMILES string of the molecule is Cc1cc(NC2CN3CCC2CC3)cc(C(=O)O)c1N. The topological polar surface area (TPSA) is 78.6 Å². The second-order valence-corrected chi connectivity index (χ2v) is 5.95. The number of hydrogen-bond acceptors (Lipinski definition) is 4. The predicted octanol–water partition coefficient (Wildman–Crippen LogP) is 1.78. The zero-order valence-electron chi connectivity index (χ0n) is 11.7. The van der Waals surface area contributed by atoms with E-state index in [-0.39, 0.29) is 5.56 Å². The molecule has 3 fully saturated rings. The van der Waals surface area contributed by atoms with Gasteiger partial charge in [0.05, 0.1) is 5.56 Å². The van der Waals surface area contributed by atoms with Crippen LogP contribution in [0.25, 0.3) is 0 Å². The van der Waals surface area contributed by atoms with E-state index in [1.54, 1.807) is 6.07 Å². The minimum absolute atomic E-state index is 0.189. The molecule has 1 aromatic carbocycles. The number of aryl methyl sites for hydroxylation is 1. The molecule has 1 atom stereocenters. The maximum Gasteiger partial charge on any atom is 0.337 e. The van der Waals surface area contributed by atoms with Crippen molar-refractivity contribution >= 4 is 17.3 Å². The van der Waals surface area contributed by atoms with Gasteiger partial charge < -0.3 is 21.1 Å². The van der Waals surface area contributed by atoms with E-state index in [1.165, 1.54) is 25.9 Å². The van der Waals surface area contributed by atoms with Crippen LogP contribution in [-0.4, -0.2) is 41.7 Å². The lowest BCUT2D eigenvalue weighted by atomic mass is 9.84. The maximum absolute atomic E-state index is 11.2. The van der Waals surface area contributed by atoms with E-state index in [0.717, 1.165) is 17.8 Å². The molecule has 5 nitrogen and oxygen atoms in total. The Morgan fingerprint density at radius 1 is 1.40 bits per heavy atom. The third kappa shape index (κ3) is 2.33. The summed E-state index contributed by atoms with van der Waals surface area (Å²) in [5, 5.41) is 12.7. The van der Waals surface area contributed by atoms with Crippen molar-refractivity contribution in [3.05, 3.63) is 23.3 Å². The number of fused-ring (bicyclic) bond motifs is 3. The number of nitrogens with one attached hydrogen (secondary N) is 1. The fraction of sp³-hybridized carbons (Fsp3) is 0.533. The van der Waals surface area contributed by atoms with Crippen molar-refractivity contribution in [1.82, 2.24) is 4.90 Å². The molecule has 4 rings (SSSR count). The summed E-state index contributed by atoms with van der Waals surface area (Å²) < 4.78 is 0. The Morgan fingerprint density at radius 2 is 2.10 bits per heavy atom. The summed E-state index contributed by atoms with van der Waals surface area (Å²) in [4.78, 5) is 13.7. The quantitative estimate of drug-likeness (QED) is 0.733. The molecule has 3 aliphatic heterocycles. The van der Waals surface area contributed by atoms with Gasteiger partial charge in [-0.1, -0.05) is 0 Å². The fourth-order valence-corrected chi connectivity index (χ4v) is 3.40. The molecular weight excluding hydrogens is 254 g/mol. The second kappa shape index (κ2) is 4.98. The van der Waals surface area contributed by atoms with Gasteiger partial charge in [-0.2, -0.15) is 0 Å². The average molecular weight is 275 g/mol. The Kier molecular flexibility index (Phi) is 3.30. The van der Waals surface area contributed by atoms with Crippen molar-refractivity contribution in [1.29, 1.82) is 0 Å². The van der Waals surface area contributed by atoms with Gasteiger partial charge in [-0.25, -0.2) is 4.79 Å². The highest BCUT2D eigenvalue weighted by Gasteiger charge is 2.34. The molecule has 5 heteroatoms. The minimum Gasteiger partial charge on any atom is -0.478 e. The first-order valence-corrected chi connectivity index (χ1v) is 7.17. The first kappa shape index (κ1) is 13.2. The summed E-state index contributed by atoms with van der Waals surface area (Å²) in [5.41, 5.74) is 8.06. The molecule has 108 valence electrons. The van der Waals surface area contributed by atoms with E-state index >= 15 is 0 Å². The van der Waals surface area contributed by atoms with Crippen LogP contribution in [0.1, 0.15) is 28.8 Å². The highest BCUT2D eigenvalue weighted by Crippen LogP contribution is 2.31. The molecule has 0 radical (unpaired) electrons. The number of hydrogen-bond donors (Lipinski definition) is 3. The molecule has 1 unspecified atom stereocenters. The van der Waals surface area contributed by atoms with Crippen molar-refractivity contribution in [3.8, 4) is 0 Å². The molecule has 0 spiro atoms. The van der Waals surface area contributed by atoms with Gasteiger partial charge in [-0.05, 0) is 56.5 Å². The van der Waals surface area contributed by atoms with Gasteiger partial charge in [-0.15, -0.1) is 0 Å². The molecule has 3 aliphatic rings. The molecular formula is C15H21N3O2. The molecule has 4 N–H and O–H groups in total. The van der Waals surface area contributed by atoms with E-state index in [4.69, 9.17) is 5.73 Å². The summed E-state index contributed by atoms with van der Waals surface area (Å²) in [6.45, 7) is 5.30. The summed E-state index contributed by atoms with van der Waals surface area (Å²) in [5.74, 6) is -0.269. The van der Waals surface area contributed by atoms with Crippen LogP contribution in [0.2, 0.25) is 0 Å². The summed E-state index contributed by atoms with van der Waals surface area (Å²) >= 11 is 0. The van der Waals surface area contributed by atoms with E-state index in [1.807, 2.05) is 13.0 Å². The summed E-state index contributed by atoms with van der Waals surface area (Å²) in [6.07, 6.45) is 2.47. The number of anilines is 2. The Bertz CT molecular complexity index is 536. The van der Waals surface area contributed by atoms with Gasteiger partial charge in [0.15, 0.2) is 0 Å². The number of rotatable bonds is 3. The first-order valence-electron chi connectivity index (χ1n) is 7.17. The lowest BCUT2D eigenvalue weighted by molar-refractivity contribution is 0.0698. The van der Waals surface area contributed by atoms with Crippen molar-refractivity contribution in [2.45, 2.75) is 25.8 Å². The average Bonchev–Trinajstić information content (AvgIpc) is 2.43. The zero-order chi connectivity index (χ0) is 14.3. The van der Waals surface area contributed by atoms with Gasteiger partial charge in [-0.3, -0.25) is 0 Å². The van der Waals surface area contributed by atoms with E-state index in [2.05, 4.69) is 10.2 Å². The van der Waals surface area contributed by atoms with Crippen molar-refractivity contribution in [2.75, 3.05) is 30.7 Å². The molecule has 0 aromatic heterocycles. The van der Waals surface area contributed by atoms with Crippen LogP contribution in [0.5, 0.6) is 0 Å². The largest absolute Gasteiger partial charge is 0.478 e. The van der Waals surface area contributed by atoms with Crippen molar-refractivity contribution in [3.63, 3.8) is 0 Å². The molecule has 1 aromatic rings. The number of carbonyl (C=O) groups is 1. The third-order valence-corrected chi connectivity index (χ3v) is 4.63. The molecule has 0 amide bonds. The molecule has 0 saturated carbocycles. The monoisotopic (exact) mass is 275 g/mol. The van der Waals surface area contributed by atoms with Gasteiger partial charge in [0, 0.05) is 24.0 Å². The van der Waals surface area contributed by atoms with Crippen LogP contribution in [-0.2, 0) is 0 Å². The van der Waals surface area contributed by atoms with Crippen LogP contribution in [0.3, 0.4) is 0 Å². The molecule has 3 heterocycles. The van der Waals surface area contributed by atoms with Crippen LogP contribution in [0.15, 0.2) is 12.1 Å². The normalized spacial score (nSPS) is 28.4. The third-order valence-electron chi connectivity index (χ3n) is 4.63. The summed E-state index contributed by atoms with van der Waals surface area (Å²) in [7, 11) is 0. The van der Waals surface area contributed by atoms with Crippen molar-refractivity contribution in [2.24, 2.45) is 5.92 Å². The number of piperidine rings is 3. The van der Waals surface area contributed by atoms with E-state index < -0.39 is 5.97 Å². The minimum atomic E-state index is -0.969. The van der Waals surface area contributed by atoms with Crippen LogP contribution >= 0.6 is 0 Å². The number of carboxylic acids is 1. The van der Waals surface area contributed by atoms with E-state index in [0.29, 0.717) is 17.6 Å². The number of carboxylic acid groups (broad SMARTS) is 1. The zero-order valence-corrected chi connectivity index (χ0v) is 11.7. The molecule has 3 saturated heterocycles. The number of benzene rings is 1. The molecule has 20 heavy (non-hydrogen) atoms. The highest BCUT2D eigenvalue weighted by molar-refractivity contribution is 5.95. The number of nitrogen functional groups attached to an aromatic ring is 1. The predicted molar refractivity (Wildman–Crippen MR) is 79.1 cm³/mol. The fourth-order valence-electron chi connectivity index (χ4n) is 3.40. The Morgan fingerprint density at radius 3 is 2.65 bits per heavy atom. The van der Waals surface area contributed by atoms with Gasteiger partial charge in [0.1, 0.15) is 0 Å². The molecule has 0 aliphatic carbocycles. The first-order chi connectivity index (χ1) is 9.54. The maximum atomic E-state index is 11.2. The standard InChI is InChI=1S/C15H21N3O2/c1-9-6-11(7-12(14(9)16)15(19)20)17-13-8-18-4-2-10(13)3-5-18/h6-7,10,13,17H,2-5,8,16H2,1H3,(H,19,20). The van der Waals surface area contributed by atoms with Gasteiger partial charge in [0.25, 0.3) is 0 Å². The van der Waals surface area contributed by atoms with Gasteiger partial charge in [0.2, 0.25) is 0 Å². The van der Waals surface area contributed by atoms with Crippen LogP contribution in [0, 0.1) is 12.8 Å². The lowest BCUT2D eigenvalue weighted by Gasteiger charge is -2.45. The number of nitrogens with two attached hydrogens (primary N) is 1. The number of aromatic carboxylic acids is 1. The second-order valence-electron chi connectivity index (χ2n) is 5.95. The Balaban J connectivity index is 1.82. The Labute approximate surface area is 118 Å².